The van der Waals surface area contributed by atoms with Gasteiger partial charge in [-0.2, -0.15) is 4.37 Å². The number of amides is 1. The van der Waals surface area contributed by atoms with Crippen LogP contribution in [0.2, 0.25) is 0 Å². The molecule has 0 aliphatic heterocycles. The molecule has 0 bridgehead atoms. The van der Waals surface area contributed by atoms with E-state index in [0.29, 0.717) is 16.8 Å². The highest BCUT2D eigenvalue weighted by atomic mass is 32.1. The highest BCUT2D eigenvalue weighted by Crippen LogP contribution is 2.16. The summed E-state index contributed by atoms with van der Waals surface area (Å²) in [5, 5.41) is 10.4. The maximum atomic E-state index is 13.3. The van der Waals surface area contributed by atoms with Gasteiger partial charge in [-0.25, -0.2) is 8.78 Å². The molecule has 0 aliphatic carbocycles. The van der Waals surface area contributed by atoms with Crippen molar-refractivity contribution in [2.45, 2.75) is 19.9 Å². The topological polar surface area (TPSA) is 70.5 Å². The van der Waals surface area contributed by atoms with Crippen molar-refractivity contribution in [1.82, 2.24) is 9.27 Å². The van der Waals surface area contributed by atoms with Crippen LogP contribution in [0.25, 0.3) is 0 Å². The number of carboxylic acids is 1. The van der Waals surface area contributed by atoms with E-state index in [-0.39, 0.29) is 25.4 Å². The number of carbonyl (C=O) groups is 2. The quantitative estimate of drug-likeness (QED) is 0.878. The van der Waals surface area contributed by atoms with Crippen molar-refractivity contribution in [1.29, 1.82) is 0 Å². The van der Waals surface area contributed by atoms with Gasteiger partial charge in [0, 0.05) is 18.5 Å². The Morgan fingerprint density at radius 3 is 2.61 bits per heavy atom. The number of aromatic nitrogens is 1. The Morgan fingerprint density at radius 2 is 2.04 bits per heavy atom. The lowest BCUT2D eigenvalue weighted by atomic mass is 10.1. The van der Waals surface area contributed by atoms with Crippen LogP contribution in [0.5, 0.6) is 0 Å². The molecule has 0 saturated carbocycles. The number of carboxylic acid groups (broad SMARTS) is 1. The fourth-order valence-electron chi connectivity index (χ4n) is 2.01. The van der Waals surface area contributed by atoms with E-state index in [2.05, 4.69) is 4.37 Å². The van der Waals surface area contributed by atoms with E-state index in [0.717, 1.165) is 23.7 Å². The molecule has 5 nitrogen and oxygen atoms in total. The lowest BCUT2D eigenvalue weighted by molar-refractivity contribution is -0.137. The summed E-state index contributed by atoms with van der Waals surface area (Å²) in [4.78, 5) is 24.6. The lowest BCUT2D eigenvalue weighted by Gasteiger charge is -2.22. The van der Waals surface area contributed by atoms with Crippen LogP contribution in [0.15, 0.2) is 23.6 Å². The Morgan fingerprint density at radius 1 is 1.30 bits per heavy atom. The Bertz CT molecular complexity index is 733. The number of nitrogens with zero attached hydrogens (tertiary/aromatic N) is 2. The molecule has 2 aromatic rings. The highest BCUT2D eigenvalue weighted by Gasteiger charge is 2.20. The molecule has 0 fully saturated rings. The summed E-state index contributed by atoms with van der Waals surface area (Å²) in [6.07, 6.45) is -0.244. The predicted octanol–water partition coefficient (Wildman–Crippen LogP) is 2.85. The maximum absolute atomic E-state index is 13.3. The predicted molar refractivity (Wildman–Crippen MR) is 80.2 cm³/mol. The van der Waals surface area contributed by atoms with Crippen LogP contribution in [-0.2, 0) is 11.3 Å². The molecule has 122 valence electrons. The van der Waals surface area contributed by atoms with Gasteiger partial charge in [-0.05, 0) is 36.2 Å². The molecule has 1 aromatic carbocycles. The first kappa shape index (κ1) is 17.0. The van der Waals surface area contributed by atoms with Crippen LogP contribution in [0.3, 0.4) is 0 Å². The number of hydrogen-bond donors (Lipinski definition) is 1. The van der Waals surface area contributed by atoms with E-state index in [1.807, 2.05) is 0 Å². The van der Waals surface area contributed by atoms with Gasteiger partial charge in [0.15, 0.2) is 11.6 Å². The molecule has 23 heavy (non-hydrogen) atoms. The van der Waals surface area contributed by atoms with Crippen molar-refractivity contribution in [2.24, 2.45) is 0 Å². The fraction of sp³-hybridized carbons (Fsp3) is 0.267. The molecular weight excluding hydrogens is 326 g/mol. The van der Waals surface area contributed by atoms with Crippen molar-refractivity contribution < 1.29 is 23.5 Å². The SMILES string of the molecule is Cc1nscc1C(=O)N(CCC(=O)O)Cc1ccc(F)c(F)c1. The van der Waals surface area contributed by atoms with E-state index in [1.54, 1.807) is 12.3 Å². The summed E-state index contributed by atoms with van der Waals surface area (Å²) in [7, 11) is 0. The Hall–Kier alpha value is -2.35. The van der Waals surface area contributed by atoms with Gasteiger partial charge in [0.25, 0.3) is 5.91 Å². The van der Waals surface area contributed by atoms with Crippen molar-refractivity contribution in [3.8, 4) is 0 Å². The molecule has 0 spiro atoms. The third kappa shape index (κ3) is 4.32. The first-order valence-corrected chi connectivity index (χ1v) is 7.58. The second-order valence-electron chi connectivity index (χ2n) is 4.93. The molecule has 1 amide bonds. The van der Waals surface area contributed by atoms with Crippen LogP contribution in [-0.4, -0.2) is 32.8 Å². The number of aliphatic carboxylic acids is 1. The van der Waals surface area contributed by atoms with Gasteiger partial charge >= 0.3 is 5.97 Å². The van der Waals surface area contributed by atoms with Crippen molar-refractivity contribution in [3.05, 3.63) is 52.0 Å². The molecule has 0 aliphatic rings. The summed E-state index contributed by atoms with van der Waals surface area (Å²) < 4.78 is 30.3. The molecule has 0 atom stereocenters. The van der Waals surface area contributed by atoms with Gasteiger partial charge in [-0.15, -0.1) is 0 Å². The zero-order valence-electron chi connectivity index (χ0n) is 12.3. The molecule has 8 heteroatoms. The average molecular weight is 340 g/mol. The summed E-state index contributed by atoms with van der Waals surface area (Å²) in [6.45, 7) is 1.62. The van der Waals surface area contributed by atoms with Crippen LogP contribution >= 0.6 is 11.5 Å². The number of rotatable bonds is 6. The van der Waals surface area contributed by atoms with E-state index in [9.17, 15) is 18.4 Å². The molecule has 0 saturated heterocycles. The van der Waals surface area contributed by atoms with E-state index < -0.39 is 17.6 Å². The minimum atomic E-state index is -1.05. The van der Waals surface area contributed by atoms with Gasteiger partial charge < -0.3 is 10.0 Å². The first-order chi connectivity index (χ1) is 10.9. The minimum absolute atomic E-state index is 0.0153. The summed E-state index contributed by atoms with van der Waals surface area (Å²) in [5.41, 5.74) is 1.30. The van der Waals surface area contributed by atoms with E-state index in [4.69, 9.17) is 5.11 Å². The van der Waals surface area contributed by atoms with Gasteiger partial charge in [0.2, 0.25) is 0 Å². The highest BCUT2D eigenvalue weighted by molar-refractivity contribution is 7.03. The van der Waals surface area contributed by atoms with Crippen molar-refractivity contribution in [3.63, 3.8) is 0 Å². The molecule has 1 heterocycles. The minimum Gasteiger partial charge on any atom is -0.481 e. The van der Waals surface area contributed by atoms with Gasteiger partial charge in [-0.1, -0.05) is 6.07 Å². The number of hydrogen-bond acceptors (Lipinski definition) is 4. The normalized spacial score (nSPS) is 10.6. The Labute approximate surface area is 135 Å². The van der Waals surface area contributed by atoms with Crippen molar-refractivity contribution >= 4 is 23.4 Å². The molecule has 2 rings (SSSR count). The van der Waals surface area contributed by atoms with E-state index in [1.165, 1.54) is 11.0 Å². The van der Waals surface area contributed by atoms with Crippen LogP contribution < -0.4 is 0 Å². The van der Waals surface area contributed by atoms with Gasteiger partial charge in [-0.3, -0.25) is 9.59 Å². The van der Waals surface area contributed by atoms with Crippen LogP contribution in [0.4, 0.5) is 8.78 Å². The summed E-state index contributed by atoms with van der Waals surface area (Å²) in [5.74, 6) is -3.42. The lowest BCUT2D eigenvalue weighted by Crippen LogP contribution is -2.32. The Balaban J connectivity index is 2.22. The molecule has 0 radical (unpaired) electrons. The smallest absolute Gasteiger partial charge is 0.305 e. The van der Waals surface area contributed by atoms with Crippen LogP contribution in [0, 0.1) is 18.6 Å². The molecule has 0 unspecified atom stereocenters. The van der Waals surface area contributed by atoms with E-state index >= 15 is 0 Å². The molecule has 1 N–H and O–H groups in total. The Kier molecular flexibility index (Phi) is 5.38. The maximum Gasteiger partial charge on any atom is 0.305 e. The standard InChI is InChI=1S/C15H14F2N2O3S/c1-9-11(8-23-18-9)15(22)19(5-4-14(20)21)7-10-2-3-12(16)13(17)6-10/h2-3,6,8H,4-5,7H2,1H3,(H,20,21). The number of benzene rings is 1. The van der Waals surface area contributed by atoms with Crippen molar-refractivity contribution in [2.75, 3.05) is 6.54 Å². The summed E-state index contributed by atoms with van der Waals surface area (Å²) >= 11 is 1.12. The van der Waals surface area contributed by atoms with Gasteiger partial charge in [0.05, 0.1) is 17.7 Å². The number of carbonyl (C=O) groups excluding carboxylic acids is 1. The fourth-order valence-corrected chi connectivity index (χ4v) is 2.70. The molecular formula is C15H14F2N2O3S. The zero-order chi connectivity index (χ0) is 17.0. The van der Waals surface area contributed by atoms with Crippen LogP contribution in [0.1, 0.15) is 28.0 Å². The third-order valence-corrected chi connectivity index (χ3v) is 3.94. The number of aryl methyl sites for hydroxylation is 1. The second-order valence-corrected chi connectivity index (χ2v) is 5.56. The van der Waals surface area contributed by atoms with Gasteiger partial charge in [0.1, 0.15) is 0 Å². The zero-order valence-corrected chi connectivity index (χ0v) is 13.1. The summed E-state index contributed by atoms with van der Waals surface area (Å²) in [6, 6.07) is 3.33. The monoisotopic (exact) mass is 340 g/mol. The largest absolute Gasteiger partial charge is 0.481 e. The molecule has 1 aromatic heterocycles. The second kappa shape index (κ2) is 7.28. The average Bonchev–Trinajstić information content (AvgIpc) is 2.92. The third-order valence-electron chi connectivity index (χ3n) is 3.22. The number of halogens is 2. The first-order valence-electron chi connectivity index (χ1n) is 6.74.